The zero-order valence-corrected chi connectivity index (χ0v) is 11.8. The molecule has 3 heterocycles. The Hall–Kier alpha value is -1.85. The molecule has 2 aliphatic heterocycles. The van der Waals surface area contributed by atoms with E-state index in [1.807, 2.05) is 18.7 Å². The van der Waals surface area contributed by atoms with E-state index >= 15 is 0 Å². The summed E-state index contributed by atoms with van der Waals surface area (Å²) >= 11 is 0. The molecule has 1 atom stereocenters. The van der Waals surface area contributed by atoms with Crippen LogP contribution in [0.3, 0.4) is 0 Å². The van der Waals surface area contributed by atoms with Crippen molar-refractivity contribution in [2.24, 2.45) is 0 Å². The van der Waals surface area contributed by atoms with Crippen molar-refractivity contribution in [1.29, 1.82) is 0 Å². The average molecular weight is 277 g/mol. The maximum absolute atomic E-state index is 12.4. The zero-order chi connectivity index (χ0) is 14.3. The van der Waals surface area contributed by atoms with Crippen LogP contribution >= 0.6 is 0 Å². The van der Waals surface area contributed by atoms with Crippen molar-refractivity contribution in [2.45, 2.75) is 38.6 Å². The van der Waals surface area contributed by atoms with E-state index in [0.717, 1.165) is 12.2 Å². The third kappa shape index (κ3) is 2.19. The predicted molar refractivity (Wildman–Crippen MR) is 71.2 cm³/mol. The number of piperazine rings is 1. The highest BCUT2D eigenvalue weighted by Crippen LogP contribution is 2.24. The normalized spacial score (nSPS) is 22.6. The first-order chi connectivity index (χ1) is 9.56. The van der Waals surface area contributed by atoms with Crippen LogP contribution in [-0.4, -0.2) is 52.4 Å². The van der Waals surface area contributed by atoms with Crippen LogP contribution in [0.5, 0.6) is 0 Å². The molecule has 2 saturated heterocycles. The largest absolute Gasteiger partial charge is 0.360 e. The molecule has 0 N–H and O–H groups in total. The fourth-order valence-electron chi connectivity index (χ4n) is 2.87. The molecule has 6 heteroatoms. The van der Waals surface area contributed by atoms with Crippen LogP contribution in [0, 0.1) is 0 Å². The van der Waals surface area contributed by atoms with Gasteiger partial charge in [-0.1, -0.05) is 19.0 Å². The lowest BCUT2D eigenvalue weighted by atomic mass is 10.1. The van der Waals surface area contributed by atoms with Gasteiger partial charge in [0, 0.05) is 44.1 Å². The number of amides is 2. The number of hydrogen-bond donors (Lipinski definition) is 0. The molecule has 1 aromatic heterocycles. The molecule has 0 aromatic carbocycles. The quantitative estimate of drug-likeness (QED) is 0.816. The molecular formula is C14H19N3O3. The van der Waals surface area contributed by atoms with Crippen LogP contribution in [0.2, 0.25) is 0 Å². The lowest BCUT2D eigenvalue weighted by Crippen LogP contribution is -2.53. The second-order valence-electron chi connectivity index (χ2n) is 5.80. The summed E-state index contributed by atoms with van der Waals surface area (Å²) < 4.78 is 5.18. The van der Waals surface area contributed by atoms with Crippen molar-refractivity contribution in [3.05, 3.63) is 17.5 Å². The smallest absolute Gasteiger partial charge is 0.276 e. The topological polar surface area (TPSA) is 66.7 Å². The molecule has 0 spiro atoms. The summed E-state index contributed by atoms with van der Waals surface area (Å²) in [4.78, 5) is 27.7. The van der Waals surface area contributed by atoms with Crippen LogP contribution in [-0.2, 0) is 4.79 Å². The van der Waals surface area contributed by atoms with Gasteiger partial charge in [0.05, 0.1) is 0 Å². The molecule has 2 amide bonds. The molecule has 108 valence electrons. The molecule has 0 aliphatic carbocycles. The van der Waals surface area contributed by atoms with Gasteiger partial charge in [-0.05, 0) is 6.42 Å². The second-order valence-corrected chi connectivity index (χ2v) is 5.80. The highest BCUT2D eigenvalue weighted by atomic mass is 16.5. The zero-order valence-electron chi connectivity index (χ0n) is 11.8. The lowest BCUT2D eigenvalue weighted by molar-refractivity contribution is -0.130. The van der Waals surface area contributed by atoms with Gasteiger partial charge >= 0.3 is 0 Å². The Kier molecular flexibility index (Phi) is 3.23. The van der Waals surface area contributed by atoms with Gasteiger partial charge in [-0.3, -0.25) is 9.59 Å². The third-order valence-corrected chi connectivity index (χ3v) is 4.10. The summed E-state index contributed by atoms with van der Waals surface area (Å²) in [6.45, 7) is 5.80. The van der Waals surface area contributed by atoms with E-state index in [0.29, 0.717) is 31.7 Å². The molecule has 2 fully saturated rings. The Morgan fingerprint density at radius 3 is 2.95 bits per heavy atom. The van der Waals surface area contributed by atoms with Crippen molar-refractivity contribution in [3.63, 3.8) is 0 Å². The van der Waals surface area contributed by atoms with Gasteiger partial charge in [0.2, 0.25) is 5.91 Å². The van der Waals surface area contributed by atoms with Crippen LogP contribution in [0.25, 0.3) is 0 Å². The van der Waals surface area contributed by atoms with Gasteiger partial charge in [-0.15, -0.1) is 0 Å². The van der Waals surface area contributed by atoms with E-state index < -0.39 is 0 Å². The molecule has 0 saturated carbocycles. The third-order valence-electron chi connectivity index (χ3n) is 4.10. The number of carbonyl (C=O) groups is 2. The van der Waals surface area contributed by atoms with Crippen molar-refractivity contribution in [1.82, 2.24) is 15.0 Å². The van der Waals surface area contributed by atoms with Gasteiger partial charge in [-0.2, -0.15) is 0 Å². The fourth-order valence-corrected chi connectivity index (χ4v) is 2.87. The minimum absolute atomic E-state index is 0.0975. The Bertz CT molecular complexity index is 538. The Morgan fingerprint density at radius 1 is 1.45 bits per heavy atom. The number of aromatic nitrogens is 1. The van der Waals surface area contributed by atoms with Crippen molar-refractivity contribution < 1.29 is 14.1 Å². The number of carbonyl (C=O) groups excluding carboxylic acids is 2. The Morgan fingerprint density at radius 2 is 2.25 bits per heavy atom. The first-order valence-corrected chi connectivity index (χ1v) is 7.11. The first kappa shape index (κ1) is 13.1. The van der Waals surface area contributed by atoms with Crippen LogP contribution in [0.1, 0.15) is 48.9 Å². The lowest BCUT2D eigenvalue weighted by Gasteiger charge is -2.37. The number of hydrogen-bond acceptors (Lipinski definition) is 4. The monoisotopic (exact) mass is 277 g/mol. The molecule has 6 nitrogen and oxygen atoms in total. The van der Waals surface area contributed by atoms with Gasteiger partial charge in [0.15, 0.2) is 5.69 Å². The van der Waals surface area contributed by atoms with E-state index in [1.54, 1.807) is 11.0 Å². The molecule has 20 heavy (non-hydrogen) atoms. The summed E-state index contributed by atoms with van der Waals surface area (Å²) in [7, 11) is 0. The van der Waals surface area contributed by atoms with Gasteiger partial charge < -0.3 is 14.3 Å². The highest BCUT2D eigenvalue weighted by Gasteiger charge is 2.37. The molecule has 0 bridgehead atoms. The highest BCUT2D eigenvalue weighted by molar-refractivity contribution is 5.92. The molecule has 0 radical (unpaired) electrons. The van der Waals surface area contributed by atoms with E-state index in [-0.39, 0.29) is 23.8 Å². The minimum atomic E-state index is -0.0975. The van der Waals surface area contributed by atoms with Crippen molar-refractivity contribution >= 4 is 11.8 Å². The predicted octanol–water partition coefficient (Wildman–Crippen LogP) is 1.24. The van der Waals surface area contributed by atoms with Crippen molar-refractivity contribution in [2.75, 3.05) is 19.6 Å². The SMILES string of the molecule is CC(C)c1cc(C(=O)N2CCN3C(=O)CC[C@@H]3C2)no1. The molecule has 2 aliphatic rings. The van der Waals surface area contributed by atoms with Crippen LogP contribution in [0.4, 0.5) is 0 Å². The van der Waals surface area contributed by atoms with E-state index in [1.165, 1.54) is 0 Å². The second kappa shape index (κ2) is 4.92. The Balaban J connectivity index is 1.70. The summed E-state index contributed by atoms with van der Waals surface area (Å²) in [6.07, 6.45) is 1.45. The van der Waals surface area contributed by atoms with E-state index in [4.69, 9.17) is 4.52 Å². The number of rotatable bonds is 2. The number of nitrogens with zero attached hydrogens (tertiary/aromatic N) is 3. The maximum atomic E-state index is 12.4. The maximum Gasteiger partial charge on any atom is 0.276 e. The standard InChI is InChI=1S/C14H19N3O3/c1-9(2)12-7-11(15-20-12)14(19)16-5-6-17-10(8-16)3-4-13(17)18/h7,9-10H,3-6,8H2,1-2H3/t10-/m1/s1. The summed E-state index contributed by atoms with van der Waals surface area (Å²) in [5.41, 5.74) is 0.367. The summed E-state index contributed by atoms with van der Waals surface area (Å²) in [6, 6.07) is 1.90. The van der Waals surface area contributed by atoms with E-state index in [9.17, 15) is 9.59 Å². The molecule has 1 aromatic rings. The summed E-state index contributed by atoms with van der Waals surface area (Å²) in [5, 5.41) is 3.87. The molecular weight excluding hydrogens is 258 g/mol. The van der Waals surface area contributed by atoms with Gasteiger partial charge in [-0.25, -0.2) is 0 Å². The fraction of sp³-hybridized carbons (Fsp3) is 0.643. The Labute approximate surface area is 117 Å². The van der Waals surface area contributed by atoms with Gasteiger partial charge in [0.25, 0.3) is 5.91 Å². The van der Waals surface area contributed by atoms with Crippen LogP contribution in [0.15, 0.2) is 10.6 Å². The van der Waals surface area contributed by atoms with Gasteiger partial charge in [0.1, 0.15) is 5.76 Å². The van der Waals surface area contributed by atoms with Crippen LogP contribution < -0.4 is 0 Å². The molecule has 0 unspecified atom stereocenters. The first-order valence-electron chi connectivity index (χ1n) is 7.11. The molecule has 3 rings (SSSR count). The average Bonchev–Trinajstić information content (AvgIpc) is 3.05. The minimum Gasteiger partial charge on any atom is -0.360 e. The summed E-state index contributed by atoms with van der Waals surface area (Å²) in [5.74, 6) is 1.06. The number of fused-ring (bicyclic) bond motifs is 1. The van der Waals surface area contributed by atoms with E-state index in [2.05, 4.69) is 5.16 Å². The van der Waals surface area contributed by atoms with Crippen molar-refractivity contribution in [3.8, 4) is 0 Å².